The fourth-order valence-corrected chi connectivity index (χ4v) is 3.85. The van der Waals surface area contributed by atoms with Crippen LogP contribution < -0.4 is 14.8 Å². The number of methoxy groups -OCH3 is 1. The zero-order chi connectivity index (χ0) is 26.2. The second-order valence-electron chi connectivity index (χ2n) is 8.03. The van der Waals surface area contributed by atoms with Crippen LogP contribution in [0, 0.1) is 0 Å². The number of carbonyl (C=O) groups is 2. The molecule has 7 heteroatoms. The van der Waals surface area contributed by atoms with Gasteiger partial charge >= 0.3 is 0 Å². The summed E-state index contributed by atoms with van der Waals surface area (Å²) in [5, 5.41) is 3.84. The molecule has 4 rings (SSSR count). The molecule has 0 saturated heterocycles. The summed E-state index contributed by atoms with van der Waals surface area (Å²) < 4.78 is 11.3. The van der Waals surface area contributed by atoms with Crippen LogP contribution in [-0.2, 0) is 11.4 Å². The van der Waals surface area contributed by atoms with E-state index in [-0.39, 0.29) is 5.78 Å². The third-order valence-electron chi connectivity index (χ3n) is 5.44. The van der Waals surface area contributed by atoms with Crippen molar-refractivity contribution in [2.45, 2.75) is 6.61 Å². The molecule has 37 heavy (non-hydrogen) atoms. The molecule has 0 atom stereocenters. The summed E-state index contributed by atoms with van der Waals surface area (Å²) in [4.78, 5) is 25.7. The lowest BCUT2D eigenvalue weighted by Crippen LogP contribution is -2.12. The standard InChI is InChI=1S/C30H23Cl2NO4/c1-36-28-17-20(9-15-27(28)37-19-21-7-11-23(31)12-8-21)10-16-29(34)33-26-14-13-24(32)18-25(26)30(35)22-5-3-2-4-6-22/h2-18H,19H2,1H3,(H,33,34)/b16-10+. The molecule has 5 nitrogen and oxygen atoms in total. The molecule has 0 aliphatic rings. The minimum Gasteiger partial charge on any atom is -0.493 e. The van der Waals surface area contributed by atoms with Gasteiger partial charge in [0, 0.05) is 27.2 Å². The van der Waals surface area contributed by atoms with Crippen LogP contribution in [0.4, 0.5) is 5.69 Å². The number of carbonyl (C=O) groups excluding carboxylic acids is 2. The van der Waals surface area contributed by atoms with Gasteiger partial charge in [0.25, 0.3) is 0 Å². The molecule has 186 valence electrons. The van der Waals surface area contributed by atoms with Gasteiger partial charge in [0.05, 0.1) is 12.8 Å². The molecular formula is C30H23Cl2NO4. The van der Waals surface area contributed by atoms with Crippen molar-refractivity contribution in [3.05, 3.63) is 129 Å². The molecule has 0 aliphatic carbocycles. The van der Waals surface area contributed by atoms with Gasteiger partial charge in [-0.15, -0.1) is 0 Å². The number of anilines is 1. The van der Waals surface area contributed by atoms with Crippen molar-refractivity contribution in [3.8, 4) is 11.5 Å². The topological polar surface area (TPSA) is 64.6 Å². The van der Waals surface area contributed by atoms with Crippen LogP contribution >= 0.6 is 23.2 Å². The number of ether oxygens (including phenoxy) is 2. The number of ketones is 1. The van der Waals surface area contributed by atoms with Crippen molar-refractivity contribution in [1.82, 2.24) is 0 Å². The normalized spacial score (nSPS) is 10.8. The van der Waals surface area contributed by atoms with E-state index in [4.69, 9.17) is 32.7 Å². The molecule has 4 aromatic carbocycles. The minimum atomic E-state index is -0.397. The maximum Gasteiger partial charge on any atom is 0.248 e. The van der Waals surface area contributed by atoms with E-state index >= 15 is 0 Å². The second-order valence-corrected chi connectivity index (χ2v) is 8.91. The molecule has 0 bridgehead atoms. The lowest BCUT2D eigenvalue weighted by molar-refractivity contribution is -0.111. The van der Waals surface area contributed by atoms with Crippen LogP contribution in [-0.4, -0.2) is 18.8 Å². The first kappa shape index (κ1) is 26.0. The van der Waals surface area contributed by atoms with Gasteiger partial charge in [-0.2, -0.15) is 0 Å². The van der Waals surface area contributed by atoms with Gasteiger partial charge in [-0.05, 0) is 59.7 Å². The van der Waals surface area contributed by atoms with Crippen LogP contribution in [0.25, 0.3) is 6.08 Å². The van der Waals surface area contributed by atoms with E-state index in [2.05, 4.69) is 5.32 Å². The first-order chi connectivity index (χ1) is 17.9. The molecule has 0 radical (unpaired) electrons. The average Bonchev–Trinajstić information content (AvgIpc) is 2.93. The number of nitrogens with one attached hydrogen (secondary N) is 1. The Morgan fingerprint density at radius 2 is 1.57 bits per heavy atom. The third kappa shape index (κ3) is 7.00. The van der Waals surface area contributed by atoms with Gasteiger partial charge < -0.3 is 14.8 Å². The Hall–Kier alpha value is -4.06. The highest BCUT2D eigenvalue weighted by atomic mass is 35.5. The molecule has 0 aromatic heterocycles. The Bertz CT molecular complexity index is 1430. The van der Waals surface area contributed by atoms with Gasteiger partial charge in [0.2, 0.25) is 5.91 Å². The predicted molar refractivity (Wildman–Crippen MR) is 148 cm³/mol. The van der Waals surface area contributed by atoms with Crippen LogP contribution in [0.15, 0.2) is 97.1 Å². The van der Waals surface area contributed by atoms with Crippen LogP contribution in [0.1, 0.15) is 27.0 Å². The van der Waals surface area contributed by atoms with E-state index in [1.807, 2.05) is 24.3 Å². The number of rotatable bonds is 9. The Morgan fingerprint density at radius 3 is 2.30 bits per heavy atom. The summed E-state index contributed by atoms with van der Waals surface area (Å²) in [5.74, 6) is 0.474. The Kier molecular flexibility index (Phi) is 8.62. The van der Waals surface area contributed by atoms with E-state index in [1.54, 1.807) is 79.9 Å². The monoisotopic (exact) mass is 531 g/mol. The molecule has 0 heterocycles. The Balaban J connectivity index is 1.45. The van der Waals surface area contributed by atoms with Crippen LogP contribution in [0.5, 0.6) is 11.5 Å². The zero-order valence-corrected chi connectivity index (χ0v) is 21.4. The molecular weight excluding hydrogens is 509 g/mol. The highest BCUT2D eigenvalue weighted by Crippen LogP contribution is 2.30. The van der Waals surface area contributed by atoms with E-state index < -0.39 is 5.91 Å². The number of amides is 1. The van der Waals surface area contributed by atoms with Crippen molar-refractivity contribution in [2.24, 2.45) is 0 Å². The van der Waals surface area contributed by atoms with E-state index in [9.17, 15) is 9.59 Å². The Morgan fingerprint density at radius 1 is 0.838 bits per heavy atom. The molecule has 0 spiro atoms. The van der Waals surface area contributed by atoms with Gasteiger partial charge in [0.15, 0.2) is 17.3 Å². The van der Waals surface area contributed by atoms with Gasteiger partial charge in [0.1, 0.15) is 6.61 Å². The maximum absolute atomic E-state index is 13.0. The predicted octanol–water partition coefficient (Wildman–Crippen LogP) is 7.46. The SMILES string of the molecule is COc1cc(/C=C/C(=O)Nc2ccc(Cl)cc2C(=O)c2ccccc2)ccc1OCc1ccc(Cl)cc1. The molecule has 1 amide bonds. The maximum atomic E-state index is 13.0. The van der Waals surface area contributed by atoms with Gasteiger partial charge in [-0.3, -0.25) is 9.59 Å². The molecule has 0 aliphatic heterocycles. The number of hydrogen-bond acceptors (Lipinski definition) is 4. The van der Waals surface area contributed by atoms with Crippen molar-refractivity contribution < 1.29 is 19.1 Å². The number of hydrogen-bond donors (Lipinski definition) is 1. The minimum absolute atomic E-state index is 0.235. The summed E-state index contributed by atoms with van der Waals surface area (Å²) in [5.41, 5.74) is 2.89. The smallest absolute Gasteiger partial charge is 0.248 e. The van der Waals surface area contributed by atoms with E-state index in [0.29, 0.717) is 45.0 Å². The number of benzene rings is 4. The largest absolute Gasteiger partial charge is 0.493 e. The molecule has 0 saturated carbocycles. The van der Waals surface area contributed by atoms with Gasteiger partial charge in [-0.25, -0.2) is 0 Å². The summed E-state index contributed by atoms with van der Waals surface area (Å²) in [6.07, 6.45) is 3.03. The van der Waals surface area contributed by atoms with Crippen molar-refractivity contribution in [2.75, 3.05) is 12.4 Å². The van der Waals surface area contributed by atoms with Crippen LogP contribution in [0.2, 0.25) is 10.0 Å². The van der Waals surface area contributed by atoms with Crippen molar-refractivity contribution in [3.63, 3.8) is 0 Å². The molecule has 1 N–H and O–H groups in total. The average molecular weight is 532 g/mol. The highest BCUT2D eigenvalue weighted by Gasteiger charge is 2.15. The van der Waals surface area contributed by atoms with E-state index in [0.717, 1.165) is 11.1 Å². The Labute approximate surface area is 225 Å². The lowest BCUT2D eigenvalue weighted by atomic mass is 10.0. The number of halogens is 2. The van der Waals surface area contributed by atoms with Gasteiger partial charge in [-0.1, -0.05) is 71.7 Å². The van der Waals surface area contributed by atoms with Crippen molar-refractivity contribution >= 4 is 46.7 Å². The first-order valence-corrected chi connectivity index (χ1v) is 12.1. The molecule has 0 fully saturated rings. The lowest BCUT2D eigenvalue weighted by Gasteiger charge is -2.12. The second kappa shape index (κ2) is 12.3. The molecule has 0 unspecified atom stereocenters. The third-order valence-corrected chi connectivity index (χ3v) is 5.93. The quantitative estimate of drug-likeness (QED) is 0.180. The summed E-state index contributed by atoms with van der Waals surface area (Å²) in [7, 11) is 1.55. The fraction of sp³-hybridized carbons (Fsp3) is 0.0667. The summed E-state index contributed by atoms with van der Waals surface area (Å²) >= 11 is 12.1. The summed E-state index contributed by atoms with van der Waals surface area (Å²) in [6, 6.07) is 26.4. The van der Waals surface area contributed by atoms with Crippen LogP contribution in [0.3, 0.4) is 0 Å². The molecule has 4 aromatic rings. The summed E-state index contributed by atoms with van der Waals surface area (Å²) in [6.45, 7) is 0.357. The highest BCUT2D eigenvalue weighted by molar-refractivity contribution is 6.31. The van der Waals surface area contributed by atoms with E-state index in [1.165, 1.54) is 6.08 Å². The fourth-order valence-electron chi connectivity index (χ4n) is 3.55. The zero-order valence-electron chi connectivity index (χ0n) is 19.9. The first-order valence-electron chi connectivity index (χ1n) is 11.4. The van der Waals surface area contributed by atoms with Crippen molar-refractivity contribution in [1.29, 1.82) is 0 Å².